The smallest absolute Gasteiger partial charge is 0.336 e. The highest BCUT2D eigenvalue weighted by Crippen LogP contribution is 2.29. The lowest BCUT2D eigenvalue weighted by Gasteiger charge is -2.14. The van der Waals surface area contributed by atoms with Gasteiger partial charge in [0.15, 0.2) is 0 Å². The summed E-state index contributed by atoms with van der Waals surface area (Å²) in [7, 11) is 0. The van der Waals surface area contributed by atoms with E-state index in [0.29, 0.717) is 0 Å². The molecule has 1 aliphatic heterocycles. The molecule has 0 bridgehead atoms. The second-order valence-electron chi connectivity index (χ2n) is 4.93. The van der Waals surface area contributed by atoms with Crippen molar-refractivity contribution >= 4 is 29.2 Å². The number of aromatic carboxylic acids is 1. The Labute approximate surface area is 135 Å². The molecule has 2 rings (SSSR count). The first-order valence-corrected chi connectivity index (χ1v) is 6.74. The second-order valence-corrected chi connectivity index (χ2v) is 4.93. The number of imide groups is 1. The highest BCUT2D eigenvalue weighted by molar-refractivity contribution is 6.17. The Morgan fingerprint density at radius 1 is 1.38 bits per heavy atom. The fraction of sp³-hybridized carbons (Fsp3) is 0.214. The zero-order chi connectivity index (χ0) is 18.0. The first kappa shape index (κ1) is 17.1. The molecule has 2 amide bonds. The van der Waals surface area contributed by atoms with Crippen LogP contribution in [0.5, 0.6) is 0 Å². The van der Waals surface area contributed by atoms with Crippen molar-refractivity contribution in [3.05, 3.63) is 45.1 Å². The normalized spacial score (nSPS) is 13.9. The van der Waals surface area contributed by atoms with E-state index in [1.807, 2.05) is 0 Å². The topological polar surface area (TPSA) is 150 Å². The number of β-amino-alcohol motifs (C(OH)–C–C–N with tert-alkyl or cyclic N) is 1. The Balaban J connectivity index is 2.41. The Morgan fingerprint density at radius 3 is 2.58 bits per heavy atom. The molecular formula is C14H13N3O7. The van der Waals surface area contributed by atoms with Gasteiger partial charge in [-0.3, -0.25) is 24.6 Å². The molecule has 0 atom stereocenters. The number of carboxylic acids is 1. The molecule has 0 saturated heterocycles. The largest absolute Gasteiger partial charge is 0.478 e. The number of aliphatic hydroxyl groups excluding tert-OH is 1. The van der Waals surface area contributed by atoms with Gasteiger partial charge in [-0.1, -0.05) is 0 Å². The molecule has 24 heavy (non-hydrogen) atoms. The third kappa shape index (κ3) is 3.08. The second kappa shape index (κ2) is 6.46. The zero-order valence-electron chi connectivity index (χ0n) is 12.5. The number of hydrogen-bond acceptors (Lipinski definition) is 7. The lowest BCUT2D eigenvalue weighted by Crippen LogP contribution is -2.34. The Morgan fingerprint density at radius 2 is 2.04 bits per heavy atom. The predicted octanol–water partition coefficient (Wildman–Crippen LogP) is 0.258. The van der Waals surface area contributed by atoms with Crippen molar-refractivity contribution in [1.29, 1.82) is 0 Å². The number of carbonyl (C=O) groups is 3. The molecule has 0 saturated carbocycles. The van der Waals surface area contributed by atoms with Crippen LogP contribution in [-0.2, 0) is 9.59 Å². The molecule has 1 aliphatic rings. The highest BCUT2D eigenvalue weighted by Gasteiger charge is 2.31. The van der Waals surface area contributed by atoms with Crippen LogP contribution >= 0.6 is 0 Å². The van der Waals surface area contributed by atoms with Crippen LogP contribution in [0.1, 0.15) is 15.9 Å². The van der Waals surface area contributed by atoms with Crippen LogP contribution in [0.4, 0.5) is 11.4 Å². The number of benzene rings is 1. The van der Waals surface area contributed by atoms with Crippen molar-refractivity contribution in [3.8, 4) is 0 Å². The number of carboxylic acid groups (broad SMARTS) is 1. The van der Waals surface area contributed by atoms with Crippen molar-refractivity contribution in [2.45, 2.75) is 6.92 Å². The van der Waals surface area contributed by atoms with E-state index in [1.165, 1.54) is 6.92 Å². The number of nitro benzene ring substituents is 1. The van der Waals surface area contributed by atoms with E-state index in [1.54, 1.807) is 0 Å². The molecule has 0 fully saturated rings. The van der Waals surface area contributed by atoms with Gasteiger partial charge in [-0.15, -0.1) is 0 Å². The number of amides is 2. The van der Waals surface area contributed by atoms with Crippen LogP contribution in [0.2, 0.25) is 0 Å². The van der Waals surface area contributed by atoms with E-state index in [9.17, 15) is 24.5 Å². The Hall–Kier alpha value is -3.27. The molecule has 1 heterocycles. The van der Waals surface area contributed by atoms with Crippen LogP contribution < -0.4 is 5.32 Å². The number of nitro groups is 1. The van der Waals surface area contributed by atoms with E-state index in [2.05, 4.69) is 5.32 Å². The fourth-order valence-electron chi connectivity index (χ4n) is 2.20. The summed E-state index contributed by atoms with van der Waals surface area (Å²) in [6.45, 7) is 0.796. The standard InChI is InChI=1S/C14H13N3O7/c1-7-9(4-8(14(21)22)5-11(7)17(23)24)15-10-6-12(19)16(2-3-18)13(10)20/h4-6,15,18H,2-3H2,1H3,(H,21,22). The quantitative estimate of drug-likeness (QED) is 0.380. The summed E-state index contributed by atoms with van der Waals surface area (Å²) in [5.74, 6) is -2.72. The van der Waals surface area contributed by atoms with Gasteiger partial charge in [0.2, 0.25) is 0 Å². The maximum Gasteiger partial charge on any atom is 0.336 e. The molecule has 1 aromatic carbocycles. The van der Waals surface area contributed by atoms with Crippen LogP contribution in [0, 0.1) is 17.0 Å². The Bertz CT molecular complexity index is 785. The average Bonchev–Trinajstić information content (AvgIpc) is 2.76. The molecular weight excluding hydrogens is 322 g/mol. The van der Waals surface area contributed by atoms with E-state index >= 15 is 0 Å². The summed E-state index contributed by atoms with van der Waals surface area (Å²) in [5, 5.41) is 31.5. The maximum absolute atomic E-state index is 12.1. The molecule has 126 valence electrons. The van der Waals surface area contributed by atoms with Gasteiger partial charge in [0.05, 0.1) is 29.2 Å². The van der Waals surface area contributed by atoms with Crippen molar-refractivity contribution in [1.82, 2.24) is 4.90 Å². The van der Waals surface area contributed by atoms with Gasteiger partial charge in [0.1, 0.15) is 5.70 Å². The number of carbonyl (C=O) groups excluding carboxylic acids is 2. The lowest BCUT2D eigenvalue weighted by atomic mass is 10.1. The number of anilines is 1. The van der Waals surface area contributed by atoms with Crippen molar-refractivity contribution in [2.75, 3.05) is 18.5 Å². The van der Waals surface area contributed by atoms with Crippen molar-refractivity contribution < 1.29 is 29.5 Å². The number of hydrogen-bond donors (Lipinski definition) is 3. The highest BCUT2D eigenvalue weighted by atomic mass is 16.6. The van der Waals surface area contributed by atoms with E-state index in [0.717, 1.165) is 23.1 Å². The fourth-order valence-corrected chi connectivity index (χ4v) is 2.20. The Kier molecular flexibility index (Phi) is 4.60. The molecule has 0 radical (unpaired) electrons. The average molecular weight is 335 g/mol. The van der Waals surface area contributed by atoms with Gasteiger partial charge in [-0.25, -0.2) is 4.79 Å². The maximum atomic E-state index is 12.1. The predicted molar refractivity (Wildman–Crippen MR) is 80.3 cm³/mol. The van der Waals surface area contributed by atoms with Crippen LogP contribution in [0.25, 0.3) is 0 Å². The summed E-state index contributed by atoms with van der Waals surface area (Å²) in [4.78, 5) is 46.0. The first-order chi connectivity index (χ1) is 11.3. The minimum absolute atomic E-state index is 0.0276. The molecule has 1 aromatic rings. The molecule has 10 heteroatoms. The van der Waals surface area contributed by atoms with E-state index in [4.69, 9.17) is 10.2 Å². The van der Waals surface area contributed by atoms with Crippen LogP contribution in [0.15, 0.2) is 23.9 Å². The molecule has 0 spiro atoms. The van der Waals surface area contributed by atoms with Gasteiger partial charge in [0.25, 0.3) is 17.5 Å². The van der Waals surface area contributed by atoms with Gasteiger partial charge in [0, 0.05) is 17.8 Å². The number of rotatable bonds is 6. The van der Waals surface area contributed by atoms with E-state index < -0.39 is 35.0 Å². The SMILES string of the molecule is Cc1c(NC2=CC(=O)N(CCO)C2=O)cc(C(=O)O)cc1[N+](=O)[O-]. The molecule has 3 N–H and O–H groups in total. The lowest BCUT2D eigenvalue weighted by molar-refractivity contribution is -0.385. The minimum Gasteiger partial charge on any atom is -0.478 e. The zero-order valence-corrected chi connectivity index (χ0v) is 12.5. The molecule has 10 nitrogen and oxygen atoms in total. The van der Waals surface area contributed by atoms with Gasteiger partial charge >= 0.3 is 5.97 Å². The monoisotopic (exact) mass is 335 g/mol. The van der Waals surface area contributed by atoms with Crippen LogP contribution in [0.3, 0.4) is 0 Å². The van der Waals surface area contributed by atoms with Gasteiger partial charge in [-0.2, -0.15) is 0 Å². The van der Waals surface area contributed by atoms with Crippen molar-refractivity contribution in [3.63, 3.8) is 0 Å². The molecule has 0 aromatic heterocycles. The number of nitrogens with one attached hydrogen (secondary N) is 1. The summed E-state index contributed by atoms with van der Waals surface area (Å²) < 4.78 is 0. The number of aliphatic hydroxyl groups is 1. The van der Waals surface area contributed by atoms with Gasteiger partial charge < -0.3 is 15.5 Å². The first-order valence-electron chi connectivity index (χ1n) is 6.74. The van der Waals surface area contributed by atoms with Crippen molar-refractivity contribution in [2.24, 2.45) is 0 Å². The molecule has 0 unspecified atom stereocenters. The summed E-state index contributed by atoms with van der Waals surface area (Å²) in [6.07, 6.45) is 0.983. The van der Waals surface area contributed by atoms with Crippen LogP contribution in [-0.4, -0.2) is 51.0 Å². The minimum atomic E-state index is -1.37. The summed E-state index contributed by atoms with van der Waals surface area (Å²) in [6, 6.07) is 2.05. The summed E-state index contributed by atoms with van der Waals surface area (Å²) >= 11 is 0. The molecule has 0 aliphatic carbocycles. The number of nitrogens with zero attached hydrogens (tertiary/aromatic N) is 2. The van der Waals surface area contributed by atoms with E-state index in [-0.39, 0.29) is 29.1 Å². The summed E-state index contributed by atoms with van der Waals surface area (Å²) in [5.41, 5.74) is -0.777. The third-order valence-corrected chi connectivity index (χ3v) is 3.43. The third-order valence-electron chi connectivity index (χ3n) is 3.43. The van der Waals surface area contributed by atoms with Gasteiger partial charge in [-0.05, 0) is 13.0 Å².